The molecule has 0 atom stereocenters. The van der Waals surface area contributed by atoms with E-state index in [-0.39, 0.29) is 22.7 Å². The van der Waals surface area contributed by atoms with E-state index in [1.807, 2.05) is 56.3 Å². The van der Waals surface area contributed by atoms with Crippen molar-refractivity contribution in [3.63, 3.8) is 0 Å². The molecular formula is C29H26N4O4. The fraction of sp³-hybridized carbons (Fsp3) is 0.138. The maximum Gasteiger partial charge on any atom is 0.297 e. The van der Waals surface area contributed by atoms with E-state index < -0.39 is 0 Å². The number of benzene rings is 3. The van der Waals surface area contributed by atoms with Gasteiger partial charge in [-0.2, -0.15) is 0 Å². The number of hydrogen-bond acceptors (Lipinski definition) is 5. The van der Waals surface area contributed by atoms with Gasteiger partial charge in [0.25, 0.3) is 11.1 Å². The van der Waals surface area contributed by atoms with Crippen molar-refractivity contribution in [3.05, 3.63) is 110 Å². The molecule has 186 valence electrons. The summed E-state index contributed by atoms with van der Waals surface area (Å²) in [7, 11) is 3.32. The summed E-state index contributed by atoms with van der Waals surface area (Å²) in [6.45, 7) is 3.68. The quantitative estimate of drug-likeness (QED) is 0.363. The molecule has 8 heteroatoms. The smallest absolute Gasteiger partial charge is 0.297 e. The van der Waals surface area contributed by atoms with Crippen molar-refractivity contribution >= 4 is 22.7 Å². The van der Waals surface area contributed by atoms with Gasteiger partial charge in [0.2, 0.25) is 5.88 Å². The summed E-state index contributed by atoms with van der Waals surface area (Å²) in [5, 5.41) is 12.2. The van der Waals surface area contributed by atoms with Gasteiger partial charge < -0.3 is 9.84 Å². The molecule has 0 aliphatic rings. The van der Waals surface area contributed by atoms with Crippen LogP contribution >= 0.6 is 0 Å². The van der Waals surface area contributed by atoms with Crippen LogP contribution in [-0.2, 0) is 7.05 Å². The number of fused-ring (bicyclic) bond motifs is 1. The molecule has 0 saturated carbocycles. The predicted molar refractivity (Wildman–Crippen MR) is 145 cm³/mol. The third-order valence-corrected chi connectivity index (χ3v) is 6.61. The monoisotopic (exact) mass is 494 g/mol. The minimum atomic E-state index is -0.389. The number of ether oxygens (including phenoxy) is 1. The van der Waals surface area contributed by atoms with E-state index in [2.05, 4.69) is 4.99 Å². The summed E-state index contributed by atoms with van der Waals surface area (Å²) >= 11 is 0. The van der Waals surface area contributed by atoms with Crippen molar-refractivity contribution in [3.8, 4) is 23.0 Å². The Morgan fingerprint density at radius 1 is 0.892 bits per heavy atom. The highest BCUT2D eigenvalue weighted by Crippen LogP contribution is 2.30. The van der Waals surface area contributed by atoms with Gasteiger partial charge in [-0.25, -0.2) is 14.2 Å². The van der Waals surface area contributed by atoms with Crippen LogP contribution in [0.1, 0.15) is 16.8 Å². The van der Waals surface area contributed by atoms with Crippen molar-refractivity contribution < 1.29 is 9.84 Å². The van der Waals surface area contributed by atoms with Crippen LogP contribution < -0.4 is 15.9 Å². The maximum atomic E-state index is 13.6. The van der Waals surface area contributed by atoms with Crippen LogP contribution in [-0.4, -0.2) is 32.4 Å². The Kier molecular flexibility index (Phi) is 6.01. The molecule has 0 bridgehead atoms. The molecule has 2 aromatic heterocycles. The highest BCUT2D eigenvalue weighted by atomic mass is 16.5. The standard InChI is InChI=1S/C29H26N4O4/c1-18-10-8-9-13-25(18)32-27(34)23-16-21(37-4)14-15-22(23)24(28(32)35)17-30-26-19(2)31(3)33(29(26)36)20-11-6-5-7-12-20/h5-17,35H,1-4H3. The number of aromatic nitrogens is 3. The number of rotatable bonds is 5. The molecule has 0 aliphatic carbocycles. The van der Waals surface area contributed by atoms with Gasteiger partial charge in [0.1, 0.15) is 5.75 Å². The number of nitrogens with zero attached hydrogens (tertiary/aromatic N) is 4. The zero-order valence-electron chi connectivity index (χ0n) is 21.0. The number of aryl methyl sites for hydroxylation is 1. The van der Waals surface area contributed by atoms with Gasteiger partial charge in [-0.15, -0.1) is 0 Å². The summed E-state index contributed by atoms with van der Waals surface area (Å²) in [6, 6.07) is 21.7. The predicted octanol–water partition coefficient (Wildman–Crippen LogP) is 4.56. The second kappa shape index (κ2) is 9.31. The summed E-state index contributed by atoms with van der Waals surface area (Å²) in [6.07, 6.45) is 1.44. The molecule has 0 saturated heterocycles. The molecule has 0 amide bonds. The lowest BCUT2D eigenvalue weighted by atomic mass is 10.1. The molecule has 5 rings (SSSR count). The van der Waals surface area contributed by atoms with Crippen molar-refractivity contribution in [1.29, 1.82) is 0 Å². The van der Waals surface area contributed by atoms with E-state index in [0.29, 0.717) is 39.2 Å². The molecule has 1 N–H and O–H groups in total. The number of methoxy groups -OCH3 is 1. The summed E-state index contributed by atoms with van der Waals surface area (Å²) in [4.78, 5) is 31.4. The Morgan fingerprint density at radius 3 is 2.30 bits per heavy atom. The molecule has 37 heavy (non-hydrogen) atoms. The summed E-state index contributed by atoms with van der Waals surface area (Å²) in [5.41, 5.74) is 2.60. The molecule has 2 heterocycles. The summed E-state index contributed by atoms with van der Waals surface area (Å²) in [5.74, 6) is 0.247. The van der Waals surface area contributed by atoms with Gasteiger partial charge in [0.15, 0.2) is 5.69 Å². The second-order valence-electron chi connectivity index (χ2n) is 8.74. The Bertz CT molecular complexity index is 1790. The number of pyridine rings is 1. The highest BCUT2D eigenvalue weighted by Gasteiger charge is 2.20. The van der Waals surface area contributed by atoms with Crippen molar-refractivity contribution in [2.24, 2.45) is 12.0 Å². The van der Waals surface area contributed by atoms with Crippen LogP contribution in [0.15, 0.2) is 87.4 Å². The van der Waals surface area contributed by atoms with Crippen LogP contribution in [0.3, 0.4) is 0 Å². The van der Waals surface area contributed by atoms with Gasteiger partial charge >= 0.3 is 0 Å². The van der Waals surface area contributed by atoms with Crippen molar-refractivity contribution in [2.75, 3.05) is 7.11 Å². The first-order chi connectivity index (χ1) is 17.8. The molecule has 0 radical (unpaired) electrons. The average molecular weight is 495 g/mol. The van der Waals surface area contributed by atoms with E-state index in [1.165, 1.54) is 17.9 Å². The first kappa shape index (κ1) is 23.9. The zero-order chi connectivity index (χ0) is 26.3. The number of para-hydroxylation sites is 2. The van der Waals surface area contributed by atoms with Crippen molar-refractivity contribution in [2.45, 2.75) is 13.8 Å². The topological polar surface area (TPSA) is 90.8 Å². The lowest BCUT2D eigenvalue weighted by Crippen LogP contribution is -2.21. The molecule has 0 spiro atoms. The average Bonchev–Trinajstić information content (AvgIpc) is 3.12. The molecule has 0 unspecified atom stereocenters. The van der Waals surface area contributed by atoms with E-state index in [4.69, 9.17) is 4.74 Å². The molecule has 5 aromatic rings. The largest absolute Gasteiger partial charge is 0.497 e. The number of aliphatic imine (C=N–C) groups is 1. The van der Waals surface area contributed by atoms with Crippen LogP contribution in [0.2, 0.25) is 0 Å². The third-order valence-electron chi connectivity index (χ3n) is 6.61. The molecular weight excluding hydrogens is 468 g/mol. The van der Waals surface area contributed by atoms with Crippen LogP contribution in [0.4, 0.5) is 5.69 Å². The normalized spacial score (nSPS) is 11.5. The van der Waals surface area contributed by atoms with E-state index in [9.17, 15) is 14.7 Å². The lowest BCUT2D eigenvalue weighted by Gasteiger charge is -2.15. The third kappa shape index (κ3) is 3.92. The Balaban J connectivity index is 1.77. The van der Waals surface area contributed by atoms with Gasteiger partial charge in [0.05, 0.1) is 35.1 Å². The van der Waals surface area contributed by atoms with Gasteiger partial charge in [-0.1, -0.05) is 36.4 Å². The SMILES string of the molecule is COc1ccc2c(C=Nc3c(C)n(C)n(-c4ccccc4)c3=O)c(O)n(-c3ccccc3C)c(=O)c2c1. The maximum absolute atomic E-state index is 13.6. The minimum Gasteiger partial charge on any atom is -0.497 e. The van der Waals surface area contributed by atoms with Crippen LogP contribution in [0.25, 0.3) is 22.1 Å². The Morgan fingerprint density at radius 2 is 1.59 bits per heavy atom. The molecule has 8 nitrogen and oxygen atoms in total. The Labute approximate surface area is 212 Å². The van der Waals surface area contributed by atoms with Gasteiger partial charge in [-0.3, -0.25) is 14.3 Å². The zero-order valence-corrected chi connectivity index (χ0v) is 21.0. The molecule has 3 aromatic carbocycles. The van der Waals surface area contributed by atoms with E-state index in [0.717, 1.165) is 5.56 Å². The lowest BCUT2D eigenvalue weighted by molar-refractivity contribution is 0.415. The van der Waals surface area contributed by atoms with E-state index in [1.54, 1.807) is 46.7 Å². The second-order valence-corrected chi connectivity index (χ2v) is 8.74. The van der Waals surface area contributed by atoms with Gasteiger partial charge in [0, 0.05) is 18.6 Å². The van der Waals surface area contributed by atoms with Crippen LogP contribution in [0, 0.1) is 13.8 Å². The fourth-order valence-corrected chi connectivity index (χ4v) is 4.52. The fourth-order valence-electron chi connectivity index (χ4n) is 4.52. The van der Waals surface area contributed by atoms with E-state index >= 15 is 0 Å². The molecule has 0 aliphatic heterocycles. The van der Waals surface area contributed by atoms with Crippen LogP contribution in [0.5, 0.6) is 11.6 Å². The number of aromatic hydroxyl groups is 1. The van der Waals surface area contributed by atoms with Gasteiger partial charge in [-0.05, 0) is 55.8 Å². The first-order valence-electron chi connectivity index (χ1n) is 11.7. The Hall–Kier alpha value is -4.85. The highest BCUT2D eigenvalue weighted by molar-refractivity contribution is 6.03. The molecule has 0 fully saturated rings. The summed E-state index contributed by atoms with van der Waals surface area (Å²) < 4.78 is 9.89. The van der Waals surface area contributed by atoms with Crippen molar-refractivity contribution in [1.82, 2.24) is 13.9 Å². The minimum absolute atomic E-state index is 0.237. The number of hydrogen-bond donors (Lipinski definition) is 1. The first-order valence-corrected chi connectivity index (χ1v) is 11.7.